The molecule has 5 nitrogen and oxygen atoms in total. The number of benzene rings is 1. The van der Waals surface area contributed by atoms with Crippen LogP contribution in [-0.4, -0.2) is 22.9 Å². The second-order valence-corrected chi connectivity index (χ2v) is 4.38. The van der Waals surface area contributed by atoms with E-state index >= 15 is 0 Å². The summed E-state index contributed by atoms with van der Waals surface area (Å²) in [6.07, 6.45) is 0.638. The van der Waals surface area contributed by atoms with Gasteiger partial charge in [0.05, 0.1) is 12.2 Å². The Morgan fingerprint density at radius 3 is 2.60 bits per heavy atom. The topological polar surface area (TPSA) is 64.1 Å². The fourth-order valence-corrected chi connectivity index (χ4v) is 1.94. The molecule has 2 aromatic rings. The van der Waals surface area contributed by atoms with Crippen LogP contribution in [0.15, 0.2) is 24.3 Å². The molecular formula is C14H14ClN3O2. The first-order valence-electron chi connectivity index (χ1n) is 6.13. The predicted molar refractivity (Wildman–Crippen MR) is 78.1 cm³/mol. The molecule has 6 heteroatoms. The van der Waals surface area contributed by atoms with E-state index in [1.807, 2.05) is 31.2 Å². The number of aldehydes is 1. The highest BCUT2D eigenvalue weighted by Gasteiger charge is 2.11. The fraction of sp³-hybridized carbons (Fsp3) is 0.214. The minimum Gasteiger partial charge on any atom is -0.494 e. The van der Waals surface area contributed by atoms with E-state index in [2.05, 4.69) is 15.3 Å². The molecule has 104 valence electrons. The Bertz CT molecular complexity index is 615. The molecule has 0 radical (unpaired) electrons. The first kappa shape index (κ1) is 14.3. The van der Waals surface area contributed by atoms with Crippen LogP contribution < -0.4 is 10.1 Å². The van der Waals surface area contributed by atoms with Gasteiger partial charge in [-0.05, 0) is 38.1 Å². The van der Waals surface area contributed by atoms with Gasteiger partial charge in [-0.2, -0.15) is 0 Å². The van der Waals surface area contributed by atoms with Gasteiger partial charge in [-0.1, -0.05) is 11.6 Å². The van der Waals surface area contributed by atoms with E-state index in [9.17, 15) is 4.79 Å². The lowest BCUT2D eigenvalue weighted by atomic mass is 10.2. The monoisotopic (exact) mass is 291 g/mol. The number of anilines is 2. The normalized spacial score (nSPS) is 10.2. The smallest absolute Gasteiger partial charge is 0.156 e. The second kappa shape index (κ2) is 6.34. The van der Waals surface area contributed by atoms with Crippen molar-refractivity contribution in [2.24, 2.45) is 0 Å². The number of aromatic nitrogens is 2. The van der Waals surface area contributed by atoms with Crippen molar-refractivity contribution in [1.29, 1.82) is 0 Å². The van der Waals surface area contributed by atoms with Crippen molar-refractivity contribution in [1.82, 2.24) is 9.97 Å². The second-order valence-electron chi connectivity index (χ2n) is 4.02. The third kappa shape index (κ3) is 3.24. The average molecular weight is 292 g/mol. The molecule has 0 bridgehead atoms. The Morgan fingerprint density at radius 2 is 2.00 bits per heavy atom. The van der Waals surface area contributed by atoms with Crippen LogP contribution in [-0.2, 0) is 0 Å². The third-order valence-electron chi connectivity index (χ3n) is 2.56. The zero-order chi connectivity index (χ0) is 14.5. The molecule has 1 heterocycles. The van der Waals surface area contributed by atoms with Crippen LogP contribution in [0.2, 0.25) is 5.15 Å². The summed E-state index contributed by atoms with van der Waals surface area (Å²) in [6, 6.07) is 7.35. The summed E-state index contributed by atoms with van der Waals surface area (Å²) < 4.78 is 5.36. The SMILES string of the molecule is CCOc1ccc(Nc2nc(C)nc(Cl)c2C=O)cc1. The molecule has 0 fully saturated rings. The average Bonchev–Trinajstić information content (AvgIpc) is 2.41. The van der Waals surface area contributed by atoms with Crippen molar-refractivity contribution in [3.63, 3.8) is 0 Å². The van der Waals surface area contributed by atoms with Crippen molar-refractivity contribution in [3.8, 4) is 5.75 Å². The number of halogens is 1. The van der Waals surface area contributed by atoms with Crippen LogP contribution >= 0.6 is 11.6 Å². The van der Waals surface area contributed by atoms with Gasteiger partial charge >= 0.3 is 0 Å². The molecule has 0 saturated carbocycles. The van der Waals surface area contributed by atoms with E-state index in [1.165, 1.54) is 0 Å². The van der Waals surface area contributed by atoms with Crippen molar-refractivity contribution in [3.05, 3.63) is 40.8 Å². The molecule has 0 aliphatic rings. The molecule has 0 unspecified atom stereocenters. The number of nitrogens with zero attached hydrogens (tertiary/aromatic N) is 2. The standard InChI is InChI=1S/C14H14ClN3O2/c1-3-20-11-6-4-10(5-7-11)18-14-12(8-19)13(15)16-9(2)17-14/h4-8H,3H2,1-2H3,(H,16,17,18). The van der Waals surface area contributed by atoms with Gasteiger partial charge in [-0.25, -0.2) is 9.97 Å². The highest BCUT2D eigenvalue weighted by molar-refractivity contribution is 6.32. The summed E-state index contributed by atoms with van der Waals surface area (Å²) in [5, 5.41) is 3.19. The van der Waals surface area contributed by atoms with Gasteiger partial charge < -0.3 is 10.1 Å². The summed E-state index contributed by atoms with van der Waals surface area (Å²) in [7, 11) is 0. The lowest BCUT2D eigenvalue weighted by Crippen LogP contribution is -2.03. The van der Waals surface area contributed by atoms with Gasteiger partial charge in [0.15, 0.2) is 6.29 Å². The quantitative estimate of drug-likeness (QED) is 0.676. The van der Waals surface area contributed by atoms with Crippen molar-refractivity contribution in [2.45, 2.75) is 13.8 Å². The van der Waals surface area contributed by atoms with Gasteiger partial charge in [0.2, 0.25) is 0 Å². The lowest BCUT2D eigenvalue weighted by Gasteiger charge is -2.10. The number of nitrogens with one attached hydrogen (secondary N) is 1. The summed E-state index contributed by atoms with van der Waals surface area (Å²) in [4.78, 5) is 19.2. The molecule has 0 spiro atoms. The van der Waals surface area contributed by atoms with E-state index in [4.69, 9.17) is 16.3 Å². The Morgan fingerprint density at radius 1 is 1.30 bits per heavy atom. The minimum absolute atomic E-state index is 0.140. The van der Waals surface area contributed by atoms with Crippen LogP contribution in [0.4, 0.5) is 11.5 Å². The zero-order valence-corrected chi connectivity index (χ0v) is 11.9. The Balaban J connectivity index is 2.27. The summed E-state index contributed by atoms with van der Waals surface area (Å²) in [5.41, 5.74) is 1.02. The van der Waals surface area contributed by atoms with E-state index in [0.717, 1.165) is 11.4 Å². The first-order valence-corrected chi connectivity index (χ1v) is 6.51. The minimum atomic E-state index is 0.140. The van der Waals surface area contributed by atoms with Crippen LogP contribution in [0.1, 0.15) is 23.1 Å². The summed E-state index contributed by atoms with van der Waals surface area (Å²) in [5.74, 6) is 1.67. The largest absolute Gasteiger partial charge is 0.494 e. The molecule has 1 aromatic carbocycles. The highest BCUT2D eigenvalue weighted by atomic mass is 35.5. The highest BCUT2D eigenvalue weighted by Crippen LogP contribution is 2.24. The maximum Gasteiger partial charge on any atom is 0.156 e. The first-order chi connectivity index (χ1) is 9.63. The lowest BCUT2D eigenvalue weighted by molar-refractivity contribution is 0.112. The van der Waals surface area contributed by atoms with E-state index in [-0.39, 0.29) is 10.7 Å². The molecule has 2 rings (SSSR count). The van der Waals surface area contributed by atoms with Gasteiger partial charge in [-0.3, -0.25) is 4.79 Å². The summed E-state index contributed by atoms with van der Waals surface area (Å²) >= 11 is 5.93. The van der Waals surface area contributed by atoms with Crippen LogP contribution in [0.5, 0.6) is 5.75 Å². The number of carbonyl (C=O) groups is 1. The van der Waals surface area contributed by atoms with E-state index < -0.39 is 0 Å². The molecule has 0 aliphatic heterocycles. The number of rotatable bonds is 5. The molecular weight excluding hydrogens is 278 g/mol. The van der Waals surface area contributed by atoms with Crippen molar-refractivity contribution in [2.75, 3.05) is 11.9 Å². The Labute approximate surface area is 122 Å². The van der Waals surface area contributed by atoms with Gasteiger partial charge in [0, 0.05) is 5.69 Å². The fourth-order valence-electron chi connectivity index (χ4n) is 1.68. The molecule has 1 aromatic heterocycles. The number of hydrogen-bond donors (Lipinski definition) is 1. The maximum atomic E-state index is 11.1. The van der Waals surface area contributed by atoms with E-state index in [0.29, 0.717) is 24.5 Å². The Kier molecular flexibility index (Phi) is 4.53. The molecule has 0 amide bonds. The van der Waals surface area contributed by atoms with Crippen LogP contribution in [0.3, 0.4) is 0 Å². The summed E-state index contributed by atoms with van der Waals surface area (Å²) in [6.45, 7) is 4.25. The number of aryl methyl sites for hydroxylation is 1. The van der Waals surface area contributed by atoms with Crippen molar-refractivity contribution >= 4 is 29.4 Å². The van der Waals surface area contributed by atoms with Gasteiger partial charge in [-0.15, -0.1) is 0 Å². The predicted octanol–water partition coefficient (Wildman–Crippen LogP) is 3.39. The molecule has 0 saturated heterocycles. The van der Waals surface area contributed by atoms with Crippen LogP contribution in [0, 0.1) is 6.92 Å². The Hall–Kier alpha value is -2.14. The molecule has 0 aliphatic carbocycles. The van der Waals surface area contributed by atoms with Crippen molar-refractivity contribution < 1.29 is 9.53 Å². The third-order valence-corrected chi connectivity index (χ3v) is 2.84. The zero-order valence-electron chi connectivity index (χ0n) is 11.2. The number of hydrogen-bond acceptors (Lipinski definition) is 5. The number of carbonyl (C=O) groups excluding carboxylic acids is 1. The molecule has 20 heavy (non-hydrogen) atoms. The van der Waals surface area contributed by atoms with Gasteiger partial charge in [0.25, 0.3) is 0 Å². The van der Waals surface area contributed by atoms with Crippen LogP contribution in [0.25, 0.3) is 0 Å². The van der Waals surface area contributed by atoms with E-state index in [1.54, 1.807) is 6.92 Å². The molecule has 1 N–H and O–H groups in total. The number of ether oxygens (including phenoxy) is 1. The maximum absolute atomic E-state index is 11.1. The molecule has 0 atom stereocenters. The van der Waals surface area contributed by atoms with Gasteiger partial charge in [0.1, 0.15) is 22.5 Å².